The maximum Gasteiger partial charge on any atom is 0.692 e. The molecular formula is H6ClO3P2+. The van der Waals surface area contributed by atoms with Gasteiger partial charge in [-0.25, -0.2) is 0 Å². The zero-order valence-corrected chi connectivity index (χ0v) is 5.99. The average molecular weight is 151 g/mol. The predicted molar refractivity (Wildman–Crippen MR) is 30.4 cm³/mol. The predicted octanol–water partition coefficient (Wildman–Crippen LogP) is 0.108. The summed E-state index contributed by atoms with van der Waals surface area (Å²) >= 11 is 0. The van der Waals surface area contributed by atoms with Crippen LogP contribution in [-0.4, -0.2) is 9.79 Å². The van der Waals surface area contributed by atoms with E-state index in [1.807, 2.05) is 0 Å². The highest BCUT2D eigenvalue weighted by Crippen LogP contribution is 1.98. The van der Waals surface area contributed by atoms with Crippen LogP contribution in [0.4, 0.5) is 0 Å². The van der Waals surface area contributed by atoms with Gasteiger partial charge in [0.15, 0.2) is 0 Å². The summed E-state index contributed by atoms with van der Waals surface area (Å²) in [5.41, 5.74) is 0. The molecule has 0 amide bonds. The van der Waals surface area contributed by atoms with E-state index in [9.17, 15) is 0 Å². The molecule has 0 rings (SSSR count). The van der Waals surface area contributed by atoms with Gasteiger partial charge in [0.25, 0.3) is 0 Å². The van der Waals surface area contributed by atoms with Gasteiger partial charge < -0.3 is 0 Å². The van der Waals surface area contributed by atoms with Crippen molar-refractivity contribution in [2.24, 2.45) is 0 Å². The fourth-order valence-corrected chi connectivity index (χ4v) is 0. The van der Waals surface area contributed by atoms with E-state index in [1.165, 1.54) is 0 Å². The molecule has 0 spiro atoms. The minimum Gasteiger partial charge on any atom is -0.153 e. The Bertz CT molecular complexity index is 31.8. The van der Waals surface area contributed by atoms with Crippen LogP contribution in [0.1, 0.15) is 0 Å². The first-order valence-corrected chi connectivity index (χ1v) is 1.75. The molecule has 2 N–H and O–H groups in total. The minimum atomic E-state index is -2.87. The Hall–Kier alpha value is 0.740. The molecule has 0 aliphatic heterocycles. The van der Waals surface area contributed by atoms with Crippen LogP contribution in [0.5, 0.6) is 0 Å². The summed E-state index contributed by atoms with van der Waals surface area (Å²) in [5.74, 6) is 0. The summed E-state index contributed by atoms with van der Waals surface area (Å²) in [5, 5.41) is 0. The van der Waals surface area contributed by atoms with E-state index in [2.05, 4.69) is 0 Å². The van der Waals surface area contributed by atoms with E-state index >= 15 is 0 Å². The summed E-state index contributed by atoms with van der Waals surface area (Å²) < 4.78 is 8.70. The quantitative estimate of drug-likeness (QED) is 0.483. The Morgan fingerprint density at radius 1 is 1.33 bits per heavy atom. The molecule has 0 bridgehead atoms. The highest BCUT2D eigenvalue weighted by Gasteiger charge is 1.93. The van der Waals surface area contributed by atoms with Gasteiger partial charge in [-0.15, -0.1) is 22.2 Å². The Labute approximate surface area is 45.7 Å². The van der Waals surface area contributed by atoms with Gasteiger partial charge in [0.1, 0.15) is 0 Å². The van der Waals surface area contributed by atoms with E-state index < -0.39 is 8.25 Å². The highest BCUT2D eigenvalue weighted by atomic mass is 35.5. The monoisotopic (exact) mass is 151 g/mol. The van der Waals surface area contributed by atoms with E-state index in [4.69, 9.17) is 14.4 Å². The molecule has 0 aromatic heterocycles. The molecule has 0 aromatic rings. The Balaban J connectivity index is -0.0000000450. The van der Waals surface area contributed by atoms with Crippen LogP contribution in [0, 0.1) is 0 Å². The Morgan fingerprint density at radius 2 is 1.33 bits per heavy atom. The second-order valence-corrected chi connectivity index (χ2v) is 0.758. The topological polar surface area (TPSA) is 57.5 Å². The molecule has 0 saturated heterocycles. The van der Waals surface area contributed by atoms with Gasteiger partial charge in [0.05, 0.1) is 0 Å². The largest absolute Gasteiger partial charge is 0.692 e. The molecule has 0 aliphatic rings. The van der Waals surface area contributed by atoms with Crippen molar-refractivity contribution in [2.75, 3.05) is 0 Å². The van der Waals surface area contributed by atoms with Crippen LogP contribution >= 0.6 is 30.6 Å². The molecule has 0 aromatic carbocycles. The number of rotatable bonds is 0. The standard InChI is InChI=1S/ClH.HO3P.H3P/c;1-4(2)3;/h1H;(H-,1,2,3);1H3/p+1. The SMILES string of the molecule is Cl.O=[P+](O)O.P. The normalized spacial score (nSPS) is 4.33. The molecule has 6 heteroatoms. The van der Waals surface area contributed by atoms with Crippen molar-refractivity contribution < 1.29 is 14.4 Å². The molecule has 0 radical (unpaired) electrons. The first-order chi connectivity index (χ1) is 1.73. The maximum absolute atomic E-state index is 8.70. The third kappa shape index (κ3) is 121. The van der Waals surface area contributed by atoms with E-state index in [0.29, 0.717) is 0 Å². The van der Waals surface area contributed by atoms with Crippen molar-refractivity contribution in [1.82, 2.24) is 0 Å². The van der Waals surface area contributed by atoms with Crippen LogP contribution in [0.3, 0.4) is 0 Å². The highest BCUT2D eigenvalue weighted by molar-refractivity contribution is 7.30. The molecule has 1 atom stereocenters. The van der Waals surface area contributed by atoms with Crippen molar-refractivity contribution >= 4 is 30.6 Å². The van der Waals surface area contributed by atoms with Crippen molar-refractivity contribution in [3.05, 3.63) is 0 Å². The summed E-state index contributed by atoms with van der Waals surface area (Å²) in [6.45, 7) is 0. The molecule has 0 saturated carbocycles. The lowest BCUT2D eigenvalue weighted by atomic mass is 15.8. The van der Waals surface area contributed by atoms with Crippen LogP contribution in [0.2, 0.25) is 0 Å². The van der Waals surface area contributed by atoms with Crippen LogP contribution in [-0.2, 0) is 4.57 Å². The first-order valence-electron chi connectivity index (χ1n) is 0.583. The van der Waals surface area contributed by atoms with Gasteiger partial charge in [-0.3, -0.25) is 0 Å². The van der Waals surface area contributed by atoms with Gasteiger partial charge >= 0.3 is 8.25 Å². The summed E-state index contributed by atoms with van der Waals surface area (Å²) in [6.07, 6.45) is 0. The Kier molecular flexibility index (Phi) is 24.4. The van der Waals surface area contributed by atoms with Crippen molar-refractivity contribution in [2.45, 2.75) is 0 Å². The van der Waals surface area contributed by atoms with Crippen molar-refractivity contribution in [1.29, 1.82) is 0 Å². The zero-order chi connectivity index (χ0) is 3.58. The van der Waals surface area contributed by atoms with Gasteiger partial charge in [0.2, 0.25) is 0 Å². The van der Waals surface area contributed by atoms with E-state index in [1.54, 1.807) is 0 Å². The molecule has 40 valence electrons. The third-order valence-corrected chi connectivity index (χ3v) is 0. The lowest BCUT2D eigenvalue weighted by Gasteiger charge is -1.34. The van der Waals surface area contributed by atoms with E-state index in [-0.39, 0.29) is 22.3 Å². The van der Waals surface area contributed by atoms with Crippen molar-refractivity contribution in [3.8, 4) is 0 Å². The second kappa shape index (κ2) is 9.22. The minimum absolute atomic E-state index is 0. The van der Waals surface area contributed by atoms with Crippen LogP contribution in [0.25, 0.3) is 0 Å². The molecule has 0 aliphatic carbocycles. The van der Waals surface area contributed by atoms with Crippen molar-refractivity contribution in [3.63, 3.8) is 0 Å². The molecular weight excluding hydrogens is 145 g/mol. The van der Waals surface area contributed by atoms with Gasteiger partial charge in [0, 0.05) is 4.57 Å². The fourth-order valence-electron chi connectivity index (χ4n) is 0. The summed E-state index contributed by atoms with van der Waals surface area (Å²) in [6, 6.07) is 0. The fraction of sp³-hybridized carbons (Fsp3) is 0. The van der Waals surface area contributed by atoms with E-state index in [0.717, 1.165) is 0 Å². The molecule has 6 heavy (non-hydrogen) atoms. The van der Waals surface area contributed by atoms with Crippen LogP contribution < -0.4 is 0 Å². The molecule has 3 nitrogen and oxygen atoms in total. The average Bonchev–Trinajstić information content (AvgIpc) is 0.811. The first kappa shape index (κ1) is 15.9. The number of hydrogen-bond donors (Lipinski definition) is 2. The van der Waals surface area contributed by atoms with Gasteiger partial charge in [-0.05, 0) is 0 Å². The summed E-state index contributed by atoms with van der Waals surface area (Å²) in [7, 11) is -2.87. The zero-order valence-electron chi connectivity index (χ0n) is 2.87. The maximum atomic E-state index is 8.70. The Morgan fingerprint density at radius 3 is 1.33 bits per heavy atom. The summed E-state index contributed by atoms with van der Waals surface area (Å²) in [4.78, 5) is 14.2. The van der Waals surface area contributed by atoms with Gasteiger partial charge in [-0.2, -0.15) is 9.90 Å². The second-order valence-electron chi connectivity index (χ2n) is 0.253. The molecule has 1 unspecified atom stereocenters. The lowest BCUT2D eigenvalue weighted by molar-refractivity contribution is 0.405. The van der Waals surface area contributed by atoms with Crippen LogP contribution in [0.15, 0.2) is 0 Å². The number of halogens is 1. The lowest BCUT2D eigenvalue weighted by Crippen LogP contribution is -1.38. The number of hydrogen-bond acceptors (Lipinski definition) is 1. The molecule has 0 fully saturated rings. The smallest absolute Gasteiger partial charge is 0.153 e. The molecule has 0 heterocycles. The third-order valence-electron chi connectivity index (χ3n) is 0. The van der Waals surface area contributed by atoms with Gasteiger partial charge in [-0.1, -0.05) is 0 Å².